The van der Waals surface area contributed by atoms with Gasteiger partial charge in [0.15, 0.2) is 0 Å². The van der Waals surface area contributed by atoms with Crippen molar-refractivity contribution in [1.82, 2.24) is 14.7 Å². The standard InChI is InChI=1S/C19H24ClN3O/c1-4-5-13-22(3)18(24)12-11-17-15(2)21-23(19(17)20)14-16-9-7-6-8-10-16/h6-12H,4-5,13-14H2,1-3H3. The lowest BCUT2D eigenvalue weighted by Gasteiger charge is -2.13. The molecule has 1 amide bonds. The maximum absolute atomic E-state index is 12.1. The molecule has 0 N–H and O–H groups in total. The summed E-state index contributed by atoms with van der Waals surface area (Å²) in [5.41, 5.74) is 2.74. The quantitative estimate of drug-likeness (QED) is 0.706. The molecule has 1 aromatic carbocycles. The fourth-order valence-corrected chi connectivity index (χ4v) is 2.70. The fourth-order valence-electron chi connectivity index (χ4n) is 2.40. The van der Waals surface area contributed by atoms with E-state index in [1.54, 1.807) is 21.7 Å². The van der Waals surface area contributed by atoms with Crippen molar-refractivity contribution in [3.63, 3.8) is 0 Å². The van der Waals surface area contributed by atoms with Gasteiger partial charge < -0.3 is 4.90 Å². The molecule has 2 aromatic rings. The molecule has 0 atom stereocenters. The van der Waals surface area contributed by atoms with Gasteiger partial charge in [0, 0.05) is 25.2 Å². The van der Waals surface area contributed by atoms with Gasteiger partial charge in [-0.15, -0.1) is 0 Å². The molecule has 2 rings (SSSR count). The van der Waals surface area contributed by atoms with Crippen LogP contribution in [0.5, 0.6) is 0 Å². The van der Waals surface area contributed by atoms with Crippen LogP contribution in [0.1, 0.15) is 36.6 Å². The van der Waals surface area contributed by atoms with Gasteiger partial charge in [-0.3, -0.25) is 4.79 Å². The molecule has 5 heteroatoms. The van der Waals surface area contributed by atoms with Gasteiger partial charge in [0.25, 0.3) is 0 Å². The maximum Gasteiger partial charge on any atom is 0.246 e. The normalized spacial score (nSPS) is 11.2. The molecule has 0 radical (unpaired) electrons. The lowest BCUT2D eigenvalue weighted by Crippen LogP contribution is -2.25. The second-order valence-corrected chi connectivity index (χ2v) is 6.24. The van der Waals surface area contributed by atoms with Crippen molar-refractivity contribution in [2.45, 2.75) is 33.2 Å². The van der Waals surface area contributed by atoms with Crippen molar-refractivity contribution in [1.29, 1.82) is 0 Å². The van der Waals surface area contributed by atoms with Crippen molar-refractivity contribution in [2.24, 2.45) is 0 Å². The number of benzene rings is 1. The lowest BCUT2D eigenvalue weighted by atomic mass is 10.2. The van der Waals surface area contributed by atoms with E-state index in [9.17, 15) is 4.79 Å². The number of carbonyl (C=O) groups is 1. The zero-order chi connectivity index (χ0) is 17.5. The van der Waals surface area contributed by atoms with Crippen LogP contribution in [-0.4, -0.2) is 34.2 Å². The number of amides is 1. The molecule has 4 nitrogen and oxygen atoms in total. The van der Waals surface area contributed by atoms with Crippen molar-refractivity contribution in [2.75, 3.05) is 13.6 Å². The highest BCUT2D eigenvalue weighted by molar-refractivity contribution is 6.31. The average molecular weight is 346 g/mol. The molecule has 0 bridgehead atoms. The third-order valence-corrected chi connectivity index (χ3v) is 4.30. The SMILES string of the molecule is CCCCN(C)C(=O)C=Cc1c(C)nn(Cc2ccccc2)c1Cl. The number of hydrogen-bond acceptors (Lipinski definition) is 2. The first-order valence-electron chi connectivity index (χ1n) is 8.23. The van der Waals surface area contributed by atoms with Crippen LogP contribution in [-0.2, 0) is 11.3 Å². The minimum atomic E-state index is -0.0188. The molecule has 1 heterocycles. The maximum atomic E-state index is 12.1. The van der Waals surface area contributed by atoms with E-state index in [0.29, 0.717) is 11.7 Å². The first kappa shape index (κ1) is 18.3. The Hall–Kier alpha value is -2.07. The summed E-state index contributed by atoms with van der Waals surface area (Å²) in [5, 5.41) is 5.04. The Morgan fingerprint density at radius 3 is 2.71 bits per heavy atom. The molecule has 0 aliphatic heterocycles. The second kappa shape index (κ2) is 8.69. The molecule has 0 aliphatic carbocycles. The molecule has 0 aliphatic rings. The number of likely N-dealkylation sites (N-methyl/N-ethyl adjacent to an activating group) is 1. The first-order valence-corrected chi connectivity index (χ1v) is 8.60. The Labute approximate surface area is 148 Å². The van der Waals surface area contributed by atoms with E-state index in [1.807, 2.05) is 44.3 Å². The van der Waals surface area contributed by atoms with Crippen LogP contribution in [0.25, 0.3) is 6.08 Å². The van der Waals surface area contributed by atoms with Gasteiger partial charge in [-0.1, -0.05) is 55.3 Å². The monoisotopic (exact) mass is 345 g/mol. The van der Waals surface area contributed by atoms with Gasteiger partial charge in [-0.25, -0.2) is 4.68 Å². The van der Waals surface area contributed by atoms with Crippen LogP contribution >= 0.6 is 11.6 Å². The first-order chi connectivity index (χ1) is 11.5. The lowest BCUT2D eigenvalue weighted by molar-refractivity contribution is -0.124. The van der Waals surface area contributed by atoms with Crippen LogP contribution in [0.3, 0.4) is 0 Å². The molecular formula is C19H24ClN3O. The third-order valence-electron chi connectivity index (χ3n) is 3.90. The van der Waals surface area contributed by atoms with Crippen LogP contribution in [0.2, 0.25) is 5.15 Å². The van der Waals surface area contributed by atoms with E-state index in [4.69, 9.17) is 11.6 Å². The Morgan fingerprint density at radius 2 is 2.04 bits per heavy atom. The third kappa shape index (κ3) is 4.71. The highest BCUT2D eigenvalue weighted by Crippen LogP contribution is 2.22. The van der Waals surface area contributed by atoms with Gasteiger partial charge >= 0.3 is 0 Å². The van der Waals surface area contributed by atoms with Crippen molar-refractivity contribution >= 4 is 23.6 Å². The molecule has 0 unspecified atom stereocenters. The highest BCUT2D eigenvalue weighted by Gasteiger charge is 2.12. The summed E-state index contributed by atoms with van der Waals surface area (Å²) >= 11 is 6.45. The predicted octanol–water partition coefficient (Wildman–Crippen LogP) is 4.16. The number of aryl methyl sites for hydroxylation is 1. The molecule has 0 saturated carbocycles. The van der Waals surface area contributed by atoms with Crippen LogP contribution in [0.4, 0.5) is 0 Å². The molecular weight excluding hydrogens is 322 g/mol. The zero-order valence-corrected chi connectivity index (χ0v) is 15.3. The van der Waals surface area contributed by atoms with Crippen LogP contribution in [0, 0.1) is 6.92 Å². The van der Waals surface area contributed by atoms with Gasteiger partial charge in [0.1, 0.15) is 5.15 Å². The Balaban J connectivity index is 2.11. The Bertz CT molecular complexity index is 707. The molecule has 0 saturated heterocycles. The number of halogens is 1. The molecule has 1 aromatic heterocycles. The molecule has 0 fully saturated rings. The Kier molecular flexibility index (Phi) is 6.62. The predicted molar refractivity (Wildman–Crippen MR) is 99.1 cm³/mol. The van der Waals surface area contributed by atoms with E-state index in [0.717, 1.165) is 36.2 Å². The van der Waals surface area contributed by atoms with E-state index in [2.05, 4.69) is 12.0 Å². The number of hydrogen-bond donors (Lipinski definition) is 0. The Morgan fingerprint density at radius 1 is 1.33 bits per heavy atom. The minimum Gasteiger partial charge on any atom is -0.342 e. The number of aromatic nitrogens is 2. The fraction of sp³-hybridized carbons (Fsp3) is 0.368. The molecule has 24 heavy (non-hydrogen) atoms. The minimum absolute atomic E-state index is 0.0188. The largest absolute Gasteiger partial charge is 0.342 e. The van der Waals surface area contributed by atoms with Crippen molar-refractivity contribution in [3.8, 4) is 0 Å². The summed E-state index contributed by atoms with van der Waals surface area (Å²) in [4.78, 5) is 13.8. The summed E-state index contributed by atoms with van der Waals surface area (Å²) in [7, 11) is 1.82. The average Bonchev–Trinajstić information content (AvgIpc) is 2.85. The van der Waals surface area contributed by atoms with Gasteiger partial charge in [-0.05, 0) is 25.0 Å². The van der Waals surface area contributed by atoms with Gasteiger partial charge in [0.05, 0.1) is 12.2 Å². The van der Waals surface area contributed by atoms with Crippen molar-refractivity contribution in [3.05, 3.63) is 58.4 Å². The van der Waals surface area contributed by atoms with Crippen LogP contribution < -0.4 is 0 Å². The van der Waals surface area contributed by atoms with Crippen LogP contribution in [0.15, 0.2) is 36.4 Å². The van der Waals surface area contributed by atoms with E-state index >= 15 is 0 Å². The van der Waals surface area contributed by atoms with Gasteiger partial charge in [0.2, 0.25) is 5.91 Å². The molecule has 128 valence electrons. The highest BCUT2D eigenvalue weighted by atomic mass is 35.5. The zero-order valence-electron chi connectivity index (χ0n) is 14.5. The number of nitrogens with zero attached hydrogens (tertiary/aromatic N) is 3. The summed E-state index contributed by atoms with van der Waals surface area (Å²) in [6, 6.07) is 10.0. The molecule has 0 spiro atoms. The van der Waals surface area contributed by atoms with E-state index < -0.39 is 0 Å². The summed E-state index contributed by atoms with van der Waals surface area (Å²) in [6.45, 7) is 5.38. The second-order valence-electron chi connectivity index (χ2n) is 5.88. The van der Waals surface area contributed by atoms with E-state index in [1.165, 1.54) is 0 Å². The summed E-state index contributed by atoms with van der Waals surface area (Å²) in [6.07, 6.45) is 5.40. The topological polar surface area (TPSA) is 38.1 Å². The summed E-state index contributed by atoms with van der Waals surface area (Å²) in [5.74, 6) is -0.0188. The smallest absolute Gasteiger partial charge is 0.246 e. The van der Waals surface area contributed by atoms with Gasteiger partial charge in [-0.2, -0.15) is 5.10 Å². The van der Waals surface area contributed by atoms with Crippen molar-refractivity contribution < 1.29 is 4.79 Å². The number of rotatable bonds is 7. The number of carbonyl (C=O) groups excluding carboxylic acids is 1. The summed E-state index contributed by atoms with van der Waals surface area (Å²) < 4.78 is 1.76. The van der Waals surface area contributed by atoms with E-state index in [-0.39, 0.29) is 5.91 Å². The number of unbranched alkanes of at least 4 members (excludes halogenated alkanes) is 1.